The zero-order chi connectivity index (χ0) is 15.5. The van der Waals surface area contributed by atoms with Crippen LogP contribution >= 0.6 is 0 Å². The van der Waals surface area contributed by atoms with Crippen LogP contribution in [0, 0.1) is 5.41 Å². The van der Waals surface area contributed by atoms with Crippen LogP contribution in [0.5, 0.6) is 0 Å². The van der Waals surface area contributed by atoms with Gasteiger partial charge in [-0.05, 0) is 25.4 Å². The first-order valence-corrected chi connectivity index (χ1v) is 9.09. The maximum atomic E-state index is 12.2. The standard InChI is InChI=1S/C14H31NO3Si/c1-12(2,3)19(8)18-14(6,7)11(17)15-9-13(4,5)10-16/h16,19H,9-10H2,1-8H3,(H,15,17). The van der Waals surface area contributed by atoms with Crippen LogP contribution in [0.25, 0.3) is 0 Å². The van der Waals surface area contributed by atoms with Crippen molar-refractivity contribution in [3.8, 4) is 0 Å². The molecule has 0 heterocycles. The Kier molecular flexibility index (Phi) is 6.24. The molecule has 19 heavy (non-hydrogen) atoms. The van der Waals surface area contributed by atoms with Gasteiger partial charge in [-0.15, -0.1) is 0 Å². The van der Waals surface area contributed by atoms with E-state index in [1.165, 1.54) is 0 Å². The maximum Gasteiger partial charge on any atom is 0.250 e. The highest BCUT2D eigenvalue weighted by atomic mass is 28.3. The largest absolute Gasteiger partial charge is 0.406 e. The molecule has 0 aromatic rings. The molecule has 0 bridgehead atoms. The van der Waals surface area contributed by atoms with Crippen molar-refractivity contribution in [3.63, 3.8) is 0 Å². The van der Waals surface area contributed by atoms with E-state index in [4.69, 9.17) is 4.43 Å². The minimum Gasteiger partial charge on any atom is -0.406 e. The Hall–Kier alpha value is -0.393. The Morgan fingerprint density at radius 1 is 1.16 bits per heavy atom. The summed E-state index contributed by atoms with van der Waals surface area (Å²) in [6.45, 7) is 16.5. The van der Waals surface area contributed by atoms with Crippen molar-refractivity contribution in [1.82, 2.24) is 5.32 Å². The summed E-state index contributed by atoms with van der Waals surface area (Å²) >= 11 is 0. The van der Waals surface area contributed by atoms with Gasteiger partial charge in [0.2, 0.25) is 0 Å². The van der Waals surface area contributed by atoms with E-state index in [9.17, 15) is 9.90 Å². The van der Waals surface area contributed by atoms with Crippen LogP contribution in [-0.2, 0) is 9.22 Å². The van der Waals surface area contributed by atoms with Gasteiger partial charge in [0.05, 0.1) is 0 Å². The fourth-order valence-corrected chi connectivity index (χ4v) is 2.61. The molecular weight excluding hydrogens is 258 g/mol. The number of hydrogen-bond donors (Lipinski definition) is 2. The zero-order valence-corrected chi connectivity index (χ0v) is 14.9. The van der Waals surface area contributed by atoms with Crippen LogP contribution in [0.2, 0.25) is 11.6 Å². The van der Waals surface area contributed by atoms with E-state index in [1.807, 2.05) is 27.7 Å². The third-order valence-corrected chi connectivity index (χ3v) is 6.78. The van der Waals surface area contributed by atoms with Crippen molar-refractivity contribution < 1.29 is 14.3 Å². The van der Waals surface area contributed by atoms with Crippen molar-refractivity contribution in [2.24, 2.45) is 5.41 Å². The number of nitrogens with one attached hydrogen (secondary N) is 1. The van der Waals surface area contributed by atoms with Crippen LogP contribution < -0.4 is 5.32 Å². The SMILES string of the molecule is C[SiH](OC(C)(C)C(=O)NCC(C)(C)CO)C(C)(C)C. The van der Waals surface area contributed by atoms with E-state index < -0.39 is 14.6 Å². The second-order valence-electron chi connectivity index (χ2n) is 7.64. The summed E-state index contributed by atoms with van der Waals surface area (Å²) in [7, 11) is -1.46. The van der Waals surface area contributed by atoms with Gasteiger partial charge in [0.25, 0.3) is 5.91 Å². The third-order valence-electron chi connectivity index (χ3n) is 3.39. The second kappa shape index (κ2) is 6.37. The van der Waals surface area contributed by atoms with Gasteiger partial charge in [-0.1, -0.05) is 34.6 Å². The molecule has 0 fully saturated rings. The number of aliphatic hydroxyl groups excluding tert-OH is 1. The molecule has 0 aliphatic heterocycles. The lowest BCUT2D eigenvalue weighted by atomic mass is 9.94. The number of carbonyl (C=O) groups is 1. The van der Waals surface area contributed by atoms with E-state index in [1.54, 1.807) is 0 Å². The molecule has 1 unspecified atom stereocenters. The first-order valence-electron chi connectivity index (χ1n) is 6.89. The minimum atomic E-state index is -1.46. The molecule has 0 aliphatic carbocycles. The van der Waals surface area contributed by atoms with Gasteiger partial charge < -0.3 is 14.8 Å². The van der Waals surface area contributed by atoms with Crippen LogP contribution in [-0.4, -0.2) is 38.8 Å². The molecule has 0 spiro atoms. The molecular formula is C14H31NO3Si. The quantitative estimate of drug-likeness (QED) is 0.736. The highest BCUT2D eigenvalue weighted by Crippen LogP contribution is 2.30. The Labute approximate surface area is 119 Å². The van der Waals surface area contributed by atoms with Gasteiger partial charge >= 0.3 is 0 Å². The van der Waals surface area contributed by atoms with Crippen molar-refractivity contribution in [3.05, 3.63) is 0 Å². The Bertz CT molecular complexity index is 308. The predicted octanol–water partition coefficient (Wildman–Crippen LogP) is 2.07. The van der Waals surface area contributed by atoms with Crippen LogP contribution in [0.3, 0.4) is 0 Å². The van der Waals surface area contributed by atoms with Crippen LogP contribution in [0.4, 0.5) is 0 Å². The van der Waals surface area contributed by atoms with Crippen LogP contribution in [0.15, 0.2) is 0 Å². The zero-order valence-electron chi connectivity index (χ0n) is 13.8. The summed E-state index contributed by atoms with van der Waals surface area (Å²) < 4.78 is 6.03. The van der Waals surface area contributed by atoms with Crippen molar-refractivity contribution in [2.75, 3.05) is 13.2 Å². The summed E-state index contributed by atoms with van der Waals surface area (Å²) in [6, 6.07) is 0. The average molecular weight is 289 g/mol. The smallest absolute Gasteiger partial charge is 0.250 e. The lowest BCUT2D eigenvalue weighted by Gasteiger charge is -2.35. The Morgan fingerprint density at radius 3 is 2.00 bits per heavy atom. The molecule has 114 valence electrons. The number of carbonyl (C=O) groups excluding carboxylic acids is 1. The molecule has 0 radical (unpaired) electrons. The molecule has 4 nitrogen and oxygen atoms in total. The monoisotopic (exact) mass is 289 g/mol. The number of amides is 1. The van der Waals surface area contributed by atoms with Crippen molar-refractivity contribution >= 4 is 14.9 Å². The van der Waals surface area contributed by atoms with Gasteiger partial charge in [0.15, 0.2) is 9.04 Å². The molecule has 0 rings (SSSR count). The van der Waals surface area contributed by atoms with Gasteiger partial charge in [-0.2, -0.15) is 0 Å². The third kappa shape index (κ3) is 6.54. The van der Waals surface area contributed by atoms with E-state index >= 15 is 0 Å². The molecule has 0 aliphatic rings. The molecule has 1 amide bonds. The lowest BCUT2D eigenvalue weighted by molar-refractivity contribution is -0.135. The highest BCUT2D eigenvalue weighted by Gasteiger charge is 2.35. The predicted molar refractivity (Wildman–Crippen MR) is 81.8 cm³/mol. The number of rotatable bonds is 6. The molecule has 5 heteroatoms. The number of aliphatic hydroxyl groups is 1. The molecule has 2 N–H and O–H groups in total. The summed E-state index contributed by atoms with van der Waals surface area (Å²) in [4.78, 5) is 12.2. The second-order valence-corrected chi connectivity index (χ2v) is 10.9. The first-order chi connectivity index (χ1) is 8.32. The fraction of sp³-hybridized carbons (Fsp3) is 0.929. The summed E-state index contributed by atoms with van der Waals surface area (Å²) in [5.74, 6) is -0.113. The van der Waals surface area contributed by atoms with E-state index in [0.29, 0.717) is 6.54 Å². The van der Waals surface area contributed by atoms with Crippen molar-refractivity contribution in [1.29, 1.82) is 0 Å². The summed E-state index contributed by atoms with van der Waals surface area (Å²) in [5, 5.41) is 12.2. The fourth-order valence-electron chi connectivity index (χ4n) is 1.26. The van der Waals surface area contributed by atoms with E-state index in [-0.39, 0.29) is 23.0 Å². The summed E-state index contributed by atoms with van der Waals surface area (Å²) in [6.07, 6.45) is 0. The van der Waals surface area contributed by atoms with Crippen LogP contribution in [0.1, 0.15) is 48.5 Å². The van der Waals surface area contributed by atoms with E-state index in [0.717, 1.165) is 0 Å². The summed E-state index contributed by atoms with van der Waals surface area (Å²) in [5.41, 5.74) is -1.12. The molecule has 1 atom stereocenters. The normalized spacial score (nSPS) is 15.2. The maximum absolute atomic E-state index is 12.2. The van der Waals surface area contributed by atoms with Crippen molar-refractivity contribution in [2.45, 2.75) is 65.7 Å². The Balaban J connectivity index is 4.53. The number of hydrogen-bond acceptors (Lipinski definition) is 3. The Morgan fingerprint density at radius 2 is 1.63 bits per heavy atom. The molecule has 0 aromatic carbocycles. The average Bonchev–Trinajstić information content (AvgIpc) is 2.24. The van der Waals surface area contributed by atoms with Gasteiger partial charge in [0.1, 0.15) is 5.60 Å². The topological polar surface area (TPSA) is 58.6 Å². The molecule has 0 saturated heterocycles. The lowest BCUT2D eigenvalue weighted by Crippen LogP contribution is -2.50. The van der Waals surface area contributed by atoms with Gasteiger partial charge in [0, 0.05) is 18.6 Å². The van der Waals surface area contributed by atoms with E-state index in [2.05, 4.69) is 32.6 Å². The molecule has 0 aromatic heterocycles. The minimum absolute atomic E-state index is 0.0434. The van der Waals surface area contributed by atoms with Gasteiger partial charge in [-0.25, -0.2) is 0 Å². The van der Waals surface area contributed by atoms with Gasteiger partial charge in [-0.3, -0.25) is 4.79 Å². The highest BCUT2D eigenvalue weighted by molar-refractivity contribution is 6.54. The first kappa shape index (κ1) is 18.6. The molecule has 0 saturated carbocycles.